The van der Waals surface area contributed by atoms with Crippen LogP contribution < -0.4 is 15.1 Å². The predicted molar refractivity (Wildman–Crippen MR) is 128 cm³/mol. The van der Waals surface area contributed by atoms with Gasteiger partial charge in [0, 0.05) is 63.6 Å². The third kappa shape index (κ3) is 5.13. The minimum Gasteiger partial charge on any atom is -0.378 e. The second-order valence-electron chi connectivity index (χ2n) is 8.13. The zero-order valence-corrected chi connectivity index (χ0v) is 19.7. The number of amides is 1. The van der Waals surface area contributed by atoms with E-state index in [4.69, 9.17) is 4.74 Å². The molecule has 2 aromatic rings. The van der Waals surface area contributed by atoms with Crippen molar-refractivity contribution in [3.05, 3.63) is 52.6 Å². The number of ether oxygens (including phenoxy) is 1. The fourth-order valence-corrected chi connectivity index (χ4v) is 5.59. The summed E-state index contributed by atoms with van der Waals surface area (Å²) >= 11 is 0. The zero-order chi connectivity index (χ0) is 24.3. The van der Waals surface area contributed by atoms with E-state index < -0.39 is 10.0 Å². The number of nitrogens with zero attached hydrogens (tertiary/aromatic N) is 4. The number of hydrogen-bond acceptors (Lipinski definition) is 8. The molecule has 0 spiro atoms. The van der Waals surface area contributed by atoms with E-state index in [9.17, 15) is 23.3 Å². The van der Waals surface area contributed by atoms with E-state index in [-0.39, 0.29) is 21.4 Å². The Kier molecular flexibility index (Phi) is 7.00. The van der Waals surface area contributed by atoms with Gasteiger partial charge in [0.05, 0.1) is 23.0 Å². The van der Waals surface area contributed by atoms with Gasteiger partial charge in [-0.15, -0.1) is 0 Å². The molecule has 0 saturated carbocycles. The summed E-state index contributed by atoms with van der Waals surface area (Å²) in [7, 11) is -3.67. The third-order valence-electron chi connectivity index (χ3n) is 5.92. The smallest absolute Gasteiger partial charge is 0.292 e. The molecule has 0 atom stereocenters. The molecule has 4 rings (SSSR count). The number of rotatable bonds is 6. The molecule has 2 aliphatic heterocycles. The topological polar surface area (TPSA) is 125 Å². The van der Waals surface area contributed by atoms with Crippen molar-refractivity contribution < 1.29 is 22.9 Å². The van der Waals surface area contributed by atoms with Crippen molar-refractivity contribution in [3.8, 4) is 0 Å². The number of anilines is 3. The zero-order valence-electron chi connectivity index (χ0n) is 18.8. The number of hydrogen-bond donors (Lipinski definition) is 1. The lowest BCUT2D eigenvalue weighted by Crippen LogP contribution is -2.48. The van der Waals surface area contributed by atoms with Crippen LogP contribution in [-0.2, 0) is 19.6 Å². The summed E-state index contributed by atoms with van der Waals surface area (Å²) in [6.07, 6.45) is 0. The maximum atomic E-state index is 13.1. The Labute approximate surface area is 198 Å². The number of morpholine rings is 1. The lowest BCUT2D eigenvalue weighted by Gasteiger charge is -2.36. The first-order chi connectivity index (χ1) is 16.3. The van der Waals surface area contributed by atoms with Crippen LogP contribution in [0.1, 0.15) is 6.92 Å². The van der Waals surface area contributed by atoms with Gasteiger partial charge in [-0.25, -0.2) is 8.42 Å². The van der Waals surface area contributed by atoms with E-state index in [1.165, 1.54) is 29.4 Å². The molecule has 2 heterocycles. The maximum Gasteiger partial charge on any atom is 0.292 e. The molecule has 2 fully saturated rings. The molecule has 2 saturated heterocycles. The Bertz CT molecular complexity index is 1160. The summed E-state index contributed by atoms with van der Waals surface area (Å²) in [5, 5.41) is 14.2. The van der Waals surface area contributed by atoms with E-state index in [1.54, 1.807) is 18.2 Å². The Morgan fingerprint density at radius 3 is 2.21 bits per heavy atom. The molecule has 0 aliphatic carbocycles. The number of nitro groups is 1. The quantitative estimate of drug-likeness (QED) is 0.482. The molecule has 182 valence electrons. The highest BCUT2D eigenvalue weighted by Crippen LogP contribution is 2.34. The van der Waals surface area contributed by atoms with Crippen LogP contribution in [0, 0.1) is 10.1 Å². The molecule has 2 aromatic carbocycles. The average Bonchev–Trinajstić information content (AvgIpc) is 2.84. The van der Waals surface area contributed by atoms with Crippen LogP contribution in [0.2, 0.25) is 0 Å². The second-order valence-corrected chi connectivity index (χ2v) is 10.1. The van der Waals surface area contributed by atoms with Crippen LogP contribution in [0.25, 0.3) is 0 Å². The first kappa shape index (κ1) is 23.9. The van der Waals surface area contributed by atoms with Gasteiger partial charge >= 0.3 is 0 Å². The predicted octanol–water partition coefficient (Wildman–Crippen LogP) is 1.90. The van der Waals surface area contributed by atoms with Gasteiger partial charge in [0.25, 0.3) is 5.69 Å². The van der Waals surface area contributed by atoms with Crippen LogP contribution >= 0.6 is 0 Å². The fraction of sp³-hybridized carbons (Fsp3) is 0.409. The van der Waals surface area contributed by atoms with Crippen LogP contribution in [0.4, 0.5) is 22.7 Å². The Morgan fingerprint density at radius 2 is 1.62 bits per heavy atom. The van der Waals surface area contributed by atoms with Crippen molar-refractivity contribution in [1.29, 1.82) is 0 Å². The van der Waals surface area contributed by atoms with Gasteiger partial charge in [-0.05, 0) is 36.4 Å². The van der Waals surface area contributed by atoms with Gasteiger partial charge in [0.1, 0.15) is 5.69 Å². The Morgan fingerprint density at radius 1 is 0.971 bits per heavy atom. The van der Waals surface area contributed by atoms with Gasteiger partial charge in [-0.2, -0.15) is 4.31 Å². The summed E-state index contributed by atoms with van der Waals surface area (Å²) in [5.74, 6) is -0.227. The molecular formula is C22H27N5O6S. The lowest BCUT2D eigenvalue weighted by atomic mass is 10.2. The Balaban J connectivity index is 1.47. The van der Waals surface area contributed by atoms with E-state index in [0.717, 1.165) is 5.69 Å². The molecule has 1 N–H and O–H groups in total. The first-order valence-corrected chi connectivity index (χ1v) is 12.4. The van der Waals surface area contributed by atoms with Crippen molar-refractivity contribution in [2.24, 2.45) is 0 Å². The third-order valence-corrected chi connectivity index (χ3v) is 7.84. The number of piperazine rings is 1. The monoisotopic (exact) mass is 489 g/mol. The number of sulfonamides is 1. The average molecular weight is 490 g/mol. The van der Waals surface area contributed by atoms with Gasteiger partial charge < -0.3 is 19.9 Å². The molecule has 12 heteroatoms. The normalized spacial score (nSPS) is 17.4. The number of carbonyl (C=O) groups excluding carboxylic acids is 1. The van der Waals surface area contributed by atoms with Crippen molar-refractivity contribution in [2.75, 3.05) is 67.6 Å². The van der Waals surface area contributed by atoms with E-state index in [2.05, 4.69) is 5.32 Å². The standard InChI is InChI=1S/C22H27N5O6S/c1-17(28)23-18-2-5-20(6-3-18)34(31,32)26-10-8-24(9-11-26)19-4-7-21(27(29)30)22(16-19)25-12-14-33-15-13-25/h2-7,16H,8-15H2,1H3,(H,23,28). The molecule has 0 unspecified atom stereocenters. The van der Waals surface area contributed by atoms with Crippen molar-refractivity contribution in [1.82, 2.24) is 4.31 Å². The number of carbonyl (C=O) groups is 1. The molecule has 0 radical (unpaired) electrons. The Hall–Kier alpha value is -3.22. The molecule has 1 amide bonds. The summed E-state index contributed by atoms with van der Waals surface area (Å²) in [6, 6.07) is 11.1. The minimum atomic E-state index is -3.67. The van der Waals surface area contributed by atoms with Crippen molar-refractivity contribution in [3.63, 3.8) is 0 Å². The lowest BCUT2D eigenvalue weighted by molar-refractivity contribution is -0.384. The SMILES string of the molecule is CC(=O)Nc1ccc(S(=O)(=O)N2CCN(c3ccc([N+](=O)[O-])c(N4CCOCC4)c3)CC2)cc1. The summed E-state index contributed by atoms with van der Waals surface area (Å²) in [5.41, 5.74) is 1.96. The fourth-order valence-electron chi connectivity index (χ4n) is 4.17. The number of nitro benzene ring substituents is 1. The van der Waals surface area contributed by atoms with Crippen molar-refractivity contribution in [2.45, 2.75) is 11.8 Å². The number of nitrogens with one attached hydrogen (secondary N) is 1. The molecule has 0 aromatic heterocycles. The van der Waals surface area contributed by atoms with Gasteiger partial charge in [-0.1, -0.05) is 0 Å². The van der Waals surface area contributed by atoms with Gasteiger partial charge in [-0.3, -0.25) is 14.9 Å². The highest BCUT2D eigenvalue weighted by atomic mass is 32.2. The van der Waals surface area contributed by atoms with Crippen molar-refractivity contribution >= 4 is 38.7 Å². The van der Waals surface area contributed by atoms with E-state index in [0.29, 0.717) is 63.9 Å². The molecule has 11 nitrogen and oxygen atoms in total. The summed E-state index contributed by atoms with van der Waals surface area (Å²) < 4.78 is 32.9. The summed E-state index contributed by atoms with van der Waals surface area (Å²) in [6.45, 7) is 5.09. The highest BCUT2D eigenvalue weighted by Gasteiger charge is 2.30. The maximum absolute atomic E-state index is 13.1. The second kappa shape index (κ2) is 9.95. The van der Waals surface area contributed by atoms with Gasteiger partial charge in [0.2, 0.25) is 15.9 Å². The van der Waals surface area contributed by atoms with Gasteiger partial charge in [0.15, 0.2) is 0 Å². The van der Waals surface area contributed by atoms with Crippen LogP contribution in [0.5, 0.6) is 0 Å². The molecule has 34 heavy (non-hydrogen) atoms. The van der Waals surface area contributed by atoms with Crippen LogP contribution in [-0.4, -0.2) is 76.0 Å². The molecule has 0 bridgehead atoms. The molecular weight excluding hydrogens is 462 g/mol. The number of benzene rings is 2. The highest BCUT2D eigenvalue weighted by molar-refractivity contribution is 7.89. The first-order valence-electron chi connectivity index (χ1n) is 11.0. The summed E-state index contributed by atoms with van der Waals surface area (Å²) in [4.78, 5) is 26.5. The van der Waals surface area contributed by atoms with E-state index >= 15 is 0 Å². The minimum absolute atomic E-state index is 0.0505. The van der Waals surface area contributed by atoms with Crippen LogP contribution in [0.15, 0.2) is 47.4 Å². The van der Waals surface area contributed by atoms with E-state index in [1.807, 2.05) is 15.9 Å². The van der Waals surface area contributed by atoms with Crippen LogP contribution in [0.3, 0.4) is 0 Å². The largest absolute Gasteiger partial charge is 0.378 e. The molecule has 2 aliphatic rings.